The molecule has 0 aromatic carbocycles. The Kier molecular flexibility index (Phi) is 10.0. The highest BCUT2D eigenvalue weighted by molar-refractivity contribution is 5.74. The Labute approximate surface area is 113 Å². The summed E-state index contributed by atoms with van der Waals surface area (Å²) in [5.74, 6) is -0.233. The lowest BCUT2D eigenvalue weighted by Gasteiger charge is -2.24. The van der Waals surface area contributed by atoms with E-state index >= 15 is 0 Å². The van der Waals surface area contributed by atoms with E-state index in [0.717, 1.165) is 6.54 Å². The fourth-order valence-corrected chi connectivity index (χ4v) is 2.18. The van der Waals surface area contributed by atoms with Crippen molar-refractivity contribution in [1.82, 2.24) is 5.32 Å². The molecule has 0 aliphatic rings. The predicted molar refractivity (Wildman–Crippen MR) is 78.5 cm³/mol. The van der Waals surface area contributed by atoms with Crippen molar-refractivity contribution in [3.63, 3.8) is 0 Å². The van der Waals surface area contributed by atoms with Gasteiger partial charge in [-0.05, 0) is 26.8 Å². The number of unbranched alkanes of at least 4 members (excludes halogenated alkanes) is 7. The number of hydrogen-bond donors (Lipinski definition) is 2. The lowest BCUT2D eigenvalue weighted by molar-refractivity contribution is -0.119. The molecule has 0 bridgehead atoms. The van der Waals surface area contributed by atoms with E-state index in [1.165, 1.54) is 51.4 Å². The molecule has 3 heteroatoms. The van der Waals surface area contributed by atoms with E-state index < -0.39 is 0 Å². The molecule has 0 rings (SSSR count). The Morgan fingerprint density at radius 3 is 2.00 bits per heavy atom. The highest BCUT2D eigenvalue weighted by Crippen LogP contribution is 2.10. The molecule has 0 aromatic rings. The van der Waals surface area contributed by atoms with Gasteiger partial charge in [-0.2, -0.15) is 0 Å². The van der Waals surface area contributed by atoms with Gasteiger partial charge in [0.05, 0.1) is 0 Å². The molecule has 0 aliphatic heterocycles. The summed E-state index contributed by atoms with van der Waals surface area (Å²) in [6, 6.07) is 0. The quantitative estimate of drug-likeness (QED) is 0.526. The van der Waals surface area contributed by atoms with Crippen LogP contribution in [-0.4, -0.2) is 18.0 Å². The normalized spacial score (nSPS) is 11.7. The summed E-state index contributed by atoms with van der Waals surface area (Å²) in [5, 5.41) is 3.40. The highest BCUT2D eigenvalue weighted by Gasteiger charge is 2.18. The van der Waals surface area contributed by atoms with Crippen LogP contribution in [0.1, 0.15) is 78.6 Å². The summed E-state index contributed by atoms with van der Waals surface area (Å²) >= 11 is 0. The van der Waals surface area contributed by atoms with E-state index in [4.69, 9.17) is 5.73 Å². The van der Waals surface area contributed by atoms with E-state index in [1.54, 1.807) is 0 Å². The second kappa shape index (κ2) is 10.4. The molecule has 0 radical (unpaired) electrons. The molecule has 0 aromatic heterocycles. The number of amides is 1. The van der Waals surface area contributed by atoms with E-state index in [9.17, 15) is 4.79 Å². The molecule has 0 atom stereocenters. The molecule has 0 spiro atoms. The molecular formula is C15H32N2O. The Bertz CT molecular complexity index is 215. The van der Waals surface area contributed by atoms with Crippen molar-refractivity contribution in [2.75, 3.05) is 6.54 Å². The maximum Gasteiger partial charge on any atom is 0.219 e. The maximum atomic E-state index is 10.9. The molecule has 0 unspecified atom stereocenters. The molecule has 18 heavy (non-hydrogen) atoms. The van der Waals surface area contributed by atoms with Gasteiger partial charge in [-0.1, -0.05) is 51.9 Å². The SMILES string of the molecule is CCCCCCCCCCNC(C)(C)CC(N)=O. The smallest absolute Gasteiger partial charge is 0.219 e. The van der Waals surface area contributed by atoms with Crippen molar-refractivity contribution in [3.05, 3.63) is 0 Å². The van der Waals surface area contributed by atoms with Crippen molar-refractivity contribution < 1.29 is 4.79 Å². The van der Waals surface area contributed by atoms with E-state index in [2.05, 4.69) is 12.2 Å². The summed E-state index contributed by atoms with van der Waals surface area (Å²) in [6.07, 6.45) is 11.1. The third-order valence-electron chi connectivity index (χ3n) is 3.25. The van der Waals surface area contributed by atoms with Gasteiger partial charge in [-0.3, -0.25) is 4.79 Å². The van der Waals surface area contributed by atoms with E-state index in [-0.39, 0.29) is 11.4 Å². The first-order valence-corrected chi connectivity index (χ1v) is 7.51. The number of carbonyl (C=O) groups excluding carboxylic acids is 1. The van der Waals surface area contributed by atoms with E-state index in [0.29, 0.717) is 6.42 Å². The van der Waals surface area contributed by atoms with Gasteiger partial charge >= 0.3 is 0 Å². The average molecular weight is 256 g/mol. The van der Waals surface area contributed by atoms with Gasteiger partial charge < -0.3 is 11.1 Å². The molecule has 0 heterocycles. The molecule has 0 aliphatic carbocycles. The summed E-state index contributed by atoms with van der Waals surface area (Å²) in [6.45, 7) is 7.29. The van der Waals surface area contributed by atoms with Crippen LogP contribution in [0, 0.1) is 0 Å². The molecule has 1 amide bonds. The highest BCUT2D eigenvalue weighted by atomic mass is 16.1. The van der Waals surface area contributed by atoms with Crippen LogP contribution in [0.25, 0.3) is 0 Å². The van der Waals surface area contributed by atoms with Crippen LogP contribution in [0.5, 0.6) is 0 Å². The lowest BCUT2D eigenvalue weighted by atomic mass is 10.00. The molecule has 0 saturated carbocycles. The Hall–Kier alpha value is -0.570. The first-order chi connectivity index (χ1) is 8.48. The van der Waals surface area contributed by atoms with Crippen LogP contribution in [0.2, 0.25) is 0 Å². The minimum Gasteiger partial charge on any atom is -0.370 e. The van der Waals surface area contributed by atoms with Crippen LogP contribution in [0.3, 0.4) is 0 Å². The fraction of sp³-hybridized carbons (Fsp3) is 0.933. The molecule has 0 saturated heterocycles. The Morgan fingerprint density at radius 1 is 1.00 bits per heavy atom. The monoisotopic (exact) mass is 256 g/mol. The van der Waals surface area contributed by atoms with Gasteiger partial charge in [0.2, 0.25) is 5.91 Å². The first kappa shape index (κ1) is 17.4. The van der Waals surface area contributed by atoms with Crippen LogP contribution in [0.15, 0.2) is 0 Å². The number of rotatable bonds is 12. The average Bonchev–Trinajstić information content (AvgIpc) is 2.25. The van der Waals surface area contributed by atoms with Crippen LogP contribution in [-0.2, 0) is 4.79 Å². The number of nitrogens with two attached hydrogens (primary N) is 1. The summed E-state index contributed by atoms with van der Waals surface area (Å²) in [4.78, 5) is 10.9. The number of primary amides is 1. The van der Waals surface area contributed by atoms with Gasteiger partial charge in [0, 0.05) is 12.0 Å². The molecule has 3 N–H and O–H groups in total. The minimum absolute atomic E-state index is 0.160. The van der Waals surface area contributed by atoms with Gasteiger partial charge in [0.25, 0.3) is 0 Å². The number of hydrogen-bond acceptors (Lipinski definition) is 2. The Morgan fingerprint density at radius 2 is 1.50 bits per heavy atom. The molecule has 0 fully saturated rings. The predicted octanol–water partition coefficient (Wildman–Crippen LogP) is 3.37. The van der Waals surface area contributed by atoms with Gasteiger partial charge in [-0.15, -0.1) is 0 Å². The van der Waals surface area contributed by atoms with Crippen molar-refractivity contribution in [2.45, 2.75) is 84.1 Å². The second-order valence-corrected chi connectivity index (χ2v) is 5.93. The third kappa shape index (κ3) is 11.9. The maximum absolute atomic E-state index is 10.9. The number of nitrogens with one attached hydrogen (secondary N) is 1. The molecular weight excluding hydrogens is 224 g/mol. The molecule has 108 valence electrons. The van der Waals surface area contributed by atoms with Crippen LogP contribution < -0.4 is 11.1 Å². The molecule has 3 nitrogen and oxygen atoms in total. The van der Waals surface area contributed by atoms with E-state index in [1.807, 2.05) is 13.8 Å². The third-order valence-corrected chi connectivity index (χ3v) is 3.25. The largest absolute Gasteiger partial charge is 0.370 e. The zero-order chi connectivity index (χ0) is 13.9. The first-order valence-electron chi connectivity index (χ1n) is 7.51. The summed E-state index contributed by atoms with van der Waals surface area (Å²) < 4.78 is 0. The zero-order valence-electron chi connectivity index (χ0n) is 12.6. The van der Waals surface area contributed by atoms with Gasteiger partial charge in [-0.25, -0.2) is 0 Å². The van der Waals surface area contributed by atoms with Crippen molar-refractivity contribution in [1.29, 1.82) is 0 Å². The summed E-state index contributed by atoms with van der Waals surface area (Å²) in [5.41, 5.74) is 5.05. The zero-order valence-corrected chi connectivity index (χ0v) is 12.6. The van der Waals surface area contributed by atoms with Crippen molar-refractivity contribution >= 4 is 5.91 Å². The van der Waals surface area contributed by atoms with Crippen molar-refractivity contribution in [3.8, 4) is 0 Å². The van der Waals surface area contributed by atoms with Crippen LogP contribution >= 0.6 is 0 Å². The second-order valence-electron chi connectivity index (χ2n) is 5.93. The van der Waals surface area contributed by atoms with Crippen molar-refractivity contribution in [2.24, 2.45) is 5.73 Å². The lowest BCUT2D eigenvalue weighted by Crippen LogP contribution is -2.43. The fourth-order valence-electron chi connectivity index (χ4n) is 2.18. The minimum atomic E-state index is -0.233. The standard InChI is InChI=1S/C15H32N2O/c1-4-5-6-7-8-9-10-11-12-17-15(2,3)13-14(16)18/h17H,4-13H2,1-3H3,(H2,16,18). The summed E-state index contributed by atoms with van der Waals surface area (Å²) in [7, 11) is 0. The van der Waals surface area contributed by atoms with Gasteiger partial charge in [0.15, 0.2) is 0 Å². The van der Waals surface area contributed by atoms with Crippen LogP contribution in [0.4, 0.5) is 0 Å². The number of carbonyl (C=O) groups is 1. The topological polar surface area (TPSA) is 55.1 Å². The van der Waals surface area contributed by atoms with Gasteiger partial charge in [0.1, 0.15) is 0 Å². The Balaban J connectivity index is 3.31.